The molecule has 9 nitrogen and oxygen atoms in total. The second kappa shape index (κ2) is 6.92. The zero-order chi connectivity index (χ0) is 18.7. The molecule has 0 bridgehead atoms. The number of sulfonamides is 1. The number of urea groups is 1. The van der Waals surface area contributed by atoms with Gasteiger partial charge in [-0.05, 0) is 29.8 Å². The number of methoxy groups -OCH3 is 1. The van der Waals surface area contributed by atoms with E-state index in [0.29, 0.717) is 5.82 Å². The van der Waals surface area contributed by atoms with E-state index in [1.54, 1.807) is 25.1 Å². The minimum atomic E-state index is -4.06. The molecule has 2 aromatic carbocycles. The highest BCUT2D eigenvalue weighted by atomic mass is 32.2. The summed E-state index contributed by atoms with van der Waals surface area (Å²) in [5, 5.41) is 3.89. The summed E-state index contributed by atoms with van der Waals surface area (Å²) in [5.41, 5.74) is 0. The Morgan fingerprint density at radius 1 is 1.04 bits per heavy atom. The molecule has 0 aliphatic carbocycles. The number of aromatic nitrogens is 3. The lowest BCUT2D eigenvalue weighted by molar-refractivity contribution is 0.256. The third-order valence-electron chi connectivity index (χ3n) is 3.39. The van der Waals surface area contributed by atoms with Crippen LogP contribution in [0.1, 0.15) is 5.82 Å². The summed E-state index contributed by atoms with van der Waals surface area (Å²) in [6.07, 6.45) is 0. The number of ether oxygens (including phenoxy) is 1. The van der Waals surface area contributed by atoms with E-state index in [1.807, 2.05) is 16.9 Å². The van der Waals surface area contributed by atoms with E-state index in [1.165, 1.54) is 19.2 Å². The highest BCUT2D eigenvalue weighted by molar-refractivity contribution is 7.90. The largest absolute Gasteiger partial charge is 0.467 e. The summed E-state index contributed by atoms with van der Waals surface area (Å²) in [6, 6.07) is 10.9. The van der Waals surface area contributed by atoms with Crippen LogP contribution in [0.4, 0.5) is 10.7 Å². The molecular weight excluding hydrogens is 358 g/mol. The second-order valence-corrected chi connectivity index (χ2v) is 6.94. The van der Waals surface area contributed by atoms with Crippen LogP contribution in [0, 0.1) is 6.92 Å². The van der Waals surface area contributed by atoms with E-state index in [9.17, 15) is 13.2 Å². The van der Waals surface area contributed by atoms with Crippen molar-refractivity contribution in [2.75, 3.05) is 12.4 Å². The summed E-state index contributed by atoms with van der Waals surface area (Å²) < 4.78 is 31.6. The Labute approximate surface area is 149 Å². The summed E-state index contributed by atoms with van der Waals surface area (Å²) in [4.78, 5) is 23.6. The fourth-order valence-corrected chi connectivity index (χ4v) is 3.19. The zero-order valence-corrected chi connectivity index (χ0v) is 14.7. The predicted octanol–water partition coefficient (Wildman–Crippen LogP) is 1.85. The van der Waals surface area contributed by atoms with Crippen LogP contribution in [0.2, 0.25) is 0 Å². The molecule has 1 aromatic heterocycles. The number of hydrogen-bond donors (Lipinski definition) is 2. The third-order valence-corrected chi connectivity index (χ3v) is 4.72. The molecule has 0 atom stereocenters. The first-order chi connectivity index (χ1) is 12.4. The fraction of sp³-hybridized carbons (Fsp3) is 0.125. The van der Waals surface area contributed by atoms with Gasteiger partial charge in [0.2, 0.25) is 5.95 Å². The molecule has 0 radical (unpaired) electrons. The number of nitrogens with zero attached hydrogens (tertiary/aromatic N) is 3. The molecule has 2 amide bonds. The van der Waals surface area contributed by atoms with E-state index >= 15 is 0 Å². The second-order valence-electron chi connectivity index (χ2n) is 5.26. The van der Waals surface area contributed by atoms with Crippen molar-refractivity contribution in [3.05, 3.63) is 48.3 Å². The van der Waals surface area contributed by atoms with Crippen molar-refractivity contribution < 1.29 is 17.9 Å². The molecule has 0 saturated carbocycles. The number of fused-ring (bicyclic) bond motifs is 1. The number of amides is 2. The van der Waals surface area contributed by atoms with Crippen LogP contribution in [-0.4, -0.2) is 36.5 Å². The molecule has 0 saturated heterocycles. The lowest BCUT2D eigenvalue weighted by atomic mass is 10.1. The minimum absolute atomic E-state index is 0.00480. The lowest BCUT2D eigenvalue weighted by Gasteiger charge is -2.09. The molecule has 0 aliphatic heterocycles. The molecule has 2 N–H and O–H groups in total. The Hall–Kier alpha value is -3.27. The van der Waals surface area contributed by atoms with E-state index in [0.717, 1.165) is 10.8 Å². The van der Waals surface area contributed by atoms with Crippen molar-refractivity contribution in [3.63, 3.8) is 0 Å². The number of aryl methyl sites for hydroxylation is 1. The van der Waals surface area contributed by atoms with Gasteiger partial charge in [-0.25, -0.2) is 17.9 Å². The maximum Gasteiger partial charge on any atom is 0.335 e. The van der Waals surface area contributed by atoms with E-state index in [-0.39, 0.29) is 16.9 Å². The first-order valence-corrected chi connectivity index (χ1v) is 8.95. The Morgan fingerprint density at radius 2 is 1.77 bits per heavy atom. The predicted molar refractivity (Wildman–Crippen MR) is 94.4 cm³/mol. The topological polar surface area (TPSA) is 123 Å². The van der Waals surface area contributed by atoms with Crippen LogP contribution in [0.3, 0.4) is 0 Å². The first-order valence-electron chi connectivity index (χ1n) is 7.47. The van der Waals surface area contributed by atoms with Gasteiger partial charge in [0, 0.05) is 0 Å². The molecule has 3 aromatic rings. The van der Waals surface area contributed by atoms with Gasteiger partial charge in [0.1, 0.15) is 5.82 Å². The van der Waals surface area contributed by atoms with Crippen molar-refractivity contribution in [1.82, 2.24) is 19.7 Å². The number of rotatable bonds is 4. The van der Waals surface area contributed by atoms with Gasteiger partial charge >= 0.3 is 12.0 Å². The fourth-order valence-electron chi connectivity index (χ4n) is 2.25. The first kappa shape index (κ1) is 17.5. The van der Waals surface area contributed by atoms with Gasteiger partial charge in [-0.15, -0.1) is 0 Å². The summed E-state index contributed by atoms with van der Waals surface area (Å²) >= 11 is 0. The molecule has 3 rings (SSSR count). The Bertz CT molecular complexity index is 1080. The SMILES string of the molecule is COc1nc(C)nc(NC(=O)NS(=O)(=O)c2ccc3ccccc3c2)n1. The van der Waals surface area contributed by atoms with Crippen LogP contribution in [0.25, 0.3) is 10.8 Å². The molecule has 134 valence electrons. The van der Waals surface area contributed by atoms with Crippen LogP contribution >= 0.6 is 0 Å². The number of carbonyl (C=O) groups is 1. The number of hydrogen-bond acceptors (Lipinski definition) is 7. The molecule has 1 heterocycles. The average molecular weight is 373 g/mol. The Balaban J connectivity index is 1.79. The summed E-state index contributed by atoms with van der Waals surface area (Å²) in [6.45, 7) is 1.58. The minimum Gasteiger partial charge on any atom is -0.467 e. The van der Waals surface area contributed by atoms with E-state index < -0.39 is 16.1 Å². The molecule has 0 unspecified atom stereocenters. The molecule has 0 aliphatic rings. The standard InChI is InChI=1S/C16H15N5O4S/c1-10-17-14(20-16(18-10)25-2)19-15(22)21-26(23,24)13-8-7-11-5-3-4-6-12(11)9-13/h3-9H,1-2H3,(H2,17,18,19,20,21,22). The molecular formula is C16H15N5O4S. The van der Waals surface area contributed by atoms with E-state index in [4.69, 9.17) is 4.74 Å². The van der Waals surface area contributed by atoms with Crippen molar-refractivity contribution in [1.29, 1.82) is 0 Å². The normalized spacial score (nSPS) is 11.2. The molecule has 10 heteroatoms. The monoisotopic (exact) mass is 373 g/mol. The van der Waals surface area contributed by atoms with Crippen LogP contribution in [-0.2, 0) is 10.0 Å². The van der Waals surface area contributed by atoms with Gasteiger partial charge in [-0.1, -0.05) is 30.3 Å². The number of nitrogens with one attached hydrogen (secondary N) is 2. The van der Waals surface area contributed by atoms with Gasteiger partial charge in [-0.3, -0.25) is 5.32 Å². The zero-order valence-electron chi connectivity index (χ0n) is 13.9. The van der Waals surface area contributed by atoms with Crippen molar-refractivity contribution >= 4 is 32.8 Å². The smallest absolute Gasteiger partial charge is 0.335 e. The maximum atomic E-state index is 12.4. The van der Waals surface area contributed by atoms with Crippen LogP contribution < -0.4 is 14.8 Å². The van der Waals surface area contributed by atoms with Gasteiger partial charge in [-0.2, -0.15) is 15.0 Å². The highest BCUT2D eigenvalue weighted by Crippen LogP contribution is 2.18. The third kappa shape index (κ3) is 3.86. The van der Waals surface area contributed by atoms with Gasteiger partial charge < -0.3 is 4.74 Å². The van der Waals surface area contributed by atoms with Crippen molar-refractivity contribution in [2.24, 2.45) is 0 Å². The van der Waals surface area contributed by atoms with Gasteiger partial charge in [0.15, 0.2) is 0 Å². The maximum absolute atomic E-state index is 12.4. The Morgan fingerprint density at radius 3 is 2.50 bits per heavy atom. The molecule has 0 spiro atoms. The molecule has 0 fully saturated rings. The quantitative estimate of drug-likeness (QED) is 0.715. The summed E-state index contributed by atoms with van der Waals surface area (Å²) in [5.74, 6) is 0.185. The van der Waals surface area contributed by atoms with E-state index in [2.05, 4.69) is 20.3 Å². The Kier molecular flexibility index (Phi) is 4.67. The number of anilines is 1. The van der Waals surface area contributed by atoms with Crippen LogP contribution in [0.15, 0.2) is 47.4 Å². The number of carbonyl (C=O) groups excluding carboxylic acids is 1. The molecule has 26 heavy (non-hydrogen) atoms. The number of benzene rings is 2. The lowest BCUT2D eigenvalue weighted by Crippen LogP contribution is -2.35. The van der Waals surface area contributed by atoms with Crippen LogP contribution in [0.5, 0.6) is 6.01 Å². The van der Waals surface area contributed by atoms with Gasteiger partial charge in [0.25, 0.3) is 10.0 Å². The van der Waals surface area contributed by atoms with Crippen molar-refractivity contribution in [3.8, 4) is 6.01 Å². The summed E-state index contributed by atoms with van der Waals surface area (Å²) in [7, 11) is -2.70. The van der Waals surface area contributed by atoms with Crippen molar-refractivity contribution in [2.45, 2.75) is 11.8 Å². The van der Waals surface area contributed by atoms with Gasteiger partial charge in [0.05, 0.1) is 12.0 Å². The highest BCUT2D eigenvalue weighted by Gasteiger charge is 2.19. The average Bonchev–Trinajstić information content (AvgIpc) is 2.60.